The summed E-state index contributed by atoms with van der Waals surface area (Å²) in [5.41, 5.74) is 0.841. The van der Waals surface area contributed by atoms with Crippen LogP contribution in [0.5, 0.6) is 0 Å². The van der Waals surface area contributed by atoms with Crippen LogP contribution >= 0.6 is 0 Å². The van der Waals surface area contributed by atoms with Crippen molar-refractivity contribution >= 4 is 11.8 Å². The van der Waals surface area contributed by atoms with Crippen molar-refractivity contribution in [2.45, 2.75) is 56.1 Å². The van der Waals surface area contributed by atoms with Crippen molar-refractivity contribution in [3.8, 4) is 0 Å². The molecule has 0 bridgehead atoms. The molecule has 0 radical (unpaired) electrons. The largest absolute Gasteiger partial charge is 0.393 e. The molecule has 0 aromatic carbocycles. The third kappa shape index (κ3) is 3.39. The number of hydrogen-bond donors (Lipinski definition) is 2. The highest BCUT2D eigenvalue weighted by molar-refractivity contribution is 5.88. The van der Waals surface area contributed by atoms with E-state index in [2.05, 4.69) is 10.3 Å². The van der Waals surface area contributed by atoms with E-state index in [1.54, 1.807) is 0 Å². The van der Waals surface area contributed by atoms with Crippen LogP contribution in [-0.4, -0.2) is 52.4 Å². The topological polar surface area (TPSA) is 74.7 Å². The van der Waals surface area contributed by atoms with E-state index in [1.165, 1.54) is 12.8 Å². The fourth-order valence-electron chi connectivity index (χ4n) is 3.78. The highest BCUT2D eigenvalue weighted by Gasteiger charge is 2.40. The van der Waals surface area contributed by atoms with Gasteiger partial charge < -0.3 is 14.7 Å². The van der Waals surface area contributed by atoms with E-state index in [0.717, 1.165) is 25.0 Å². The van der Waals surface area contributed by atoms with Gasteiger partial charge in [-0.3, -0.25) is 5.32 Å². The van der Waals surface area contributed by atoms with Crippen molar-refractivity contribution in [1.29, 1.82) is 0 Å². The predicted octanol–water partition coefficient (Wildman–Crippen LogP) is 2.50. The van der Waals surface area contributed by atoms with Crippen LogP contribution in [0.3, 0.4) is 0 Å². The van der Waals surface area contributed by atoms with Crippen LogP contribution in [0.25, 0.3) is 0 Å². The summed E-state index contributed by atoms with van der Waals surface area (Å²) in [7, 11) is 0. The Hall–Kier alpha value is -1.66. The van der Waals surface area contributed by atoms with E-state index in [1.807, 2.05) is 23.1 Å². The van der Waals surface area contributed by atoms with Crippen molar-refractivity contribution in [3.05, 3.63) is 23.9 Å². The molecule has 3 fully saturated rings. The van der Waals surface area contributed by atoms with Crippen molar-refractivity contribution in [3.63, 3.8) is 0 Å². The van der Waals surface area contributed by atoms with Gasteiger partial charge in [-0.2, -0.15) is 0 Å². The number of ether oxygens (including phenoxy) is 1. The number of nitrogens with zero attached hydrogens (tertiary/aromatic N) is 2. The minimum absolute atomic E-state index is 0.0957. The number of rotatable bonds is 2. The highest BCUT2D eigenvalue weighted by Crippen LogP contribution is 2.39. The number of nitrogens with one attached hydrogen (secondary N) is 1. The van der Waals surface area contributed by atoms with Gasteiger partial charge in [0.15, 0.2) is 0 Å². The Morgan fingerprint density at radius 3 is 2.79 bits per heavy atom. The summed E-state index contributed by atoms with van der Waals surface area (Å²) in [6.07, 6.45) is 5.10. The quantitative estimate of drug-likeness (QED) is 0.873. The lowest BCUT2D eigenvalue weighted by molar-refractivity contribution is -0.139. The number of urea groups is 1. The first kappa shape index (κ1) is 15.8. The van der Waals surface area contributed by atoms with Crippen LogP contribution in [0.15, 0.2) is 18.2 Å². The van der Waals surface area contributed by atoms with Gasteiger partial charge in [-0.15, -0.1) is 0 Å². The molecule has 1 spiro atoms. The summed E-state index contributed by atoms with van der Waals surface area (Å²) in [5, 5.41) is 12.8. The van der Waals surface area contributed by atoms with E-state index in [4.69, 9.17) is 4.74 Å². The van der Waals surface area contributed by atoms with Crippen LogP contribution in [0, 0.1) is 0 Å². The van der Waals surface area contributed by atoms with E-state index >= 15 is 0 Å². The Bertz CT molecular complexity index is 609. The van der Waals surface area contributed by atoms with E-state index in [-0.39, 0.29) is 17.7 Å². The Morgan fingerprint density at radius 1 is 1.29 bits per heavy atom. The summed E-state index contributed by atoms with van der Waals surface area (Å²) >= 11 is 0. The van der Waals surface area contributed by atoms with Crippen molar-refractivity contribution < 1.29 is 14.6 Å². The third-order valence-corrected chi connectivity index (χ3v) is 5.43. The van der Waals surface area contributed by atoms with Gasteiger partial charge >= 0.3 is 6.03 Å². The first-order valence-corrected chi connectivity index (χ1v) is 8.98. The van der Waals surface area contributed by atoms with Gasteiger partial charge in [-0.05, 0) is 44.2 Å². The number of amides is 2. The maximum atomic E-state index is 12.5. The van der Waals surface area contributed by atoms with E-state index in [0.29, 0.717) is 37.9 Å². The number of carbonyl (C=O) groups is 1. The van der Waals surface area contributed by atoms with Crippen LogP contribution in [-0.2, 0) is 4.74 Å². The van der Waals surface area contributed by atoms with Gasteiger partial charge in [0.2, 0.25) is 0 Å². The fraction of sp³-hybridized carbons (Fsp3) is 0.667. The second-order valence-corrected chi connectivity index (χ2v) is 7.32. The van der Waals surface area contributed by atoms with Gasteiger partial charge in [0.05, 0.1) is 11.7 Å². The number of aromatic nitrogens is 1. The van der Waals surface area contributed by atoms with Crippen LogP contribution in [0.1, 0.15) is 50.1 Å². The number of piperidine rings is 1. The van der Waals surface area contributed by atoms with E-state index < -0.39 is 0 Å². The number of hydrogen-bond acceptors (Lipinski definition) is 4. The zero-order valence-corrected chi connectivity index (χ0v) is 13.9. The second-order valence-electron chi connectivity index (χ2n) is 7.32. The maximum absolute atomic E-state index is 12.5. The first-order valence-electron chi connectivity index (χ1n) is 8.98. The highest BCUT2D eigenvalue weighted by atomic mass is 16.5. The average molecular weight is 331 g/mol. The van der Waals surface area contributed by atoms with Crippen molar-refractivity contribution in [2.24, 2.45) is 0 Å². The molecule has 24 heavy (non-hydrogen) atoms. The molecule has 2 saturated heterocycles. The summed E-state index contributed by atoms with van der Waals surface area (Å²) in [5.74, 6) is 1.21. The van der Waals surface area contributed by atoms with Crippen LogP contribution in [0.4, 0.5) is 10.6 Å². The Labute approximate surface area is 142 Å². The maximum Gasteiger partial charge on any atom is 0.323 e. The zero-order chi connectivity index (χ0) is 16.6. The Morgan fingerprint density at radius 2 is 2.08 bits per heavy atom. The number of pyridine rings is 1. The zero-order valence-electron chi connectivity index (χ0n) is 13.9. The van der Waals surface area contributed by atoms with Crippen molar-refractivity contribution in [1.82, 2.24) is 9.88 Å². The third-order valence-electron chi connectivity index (χ3n) is 5.43. The summed E-state index contributed by atoms with van der Waals surface area (Å²) in [6.45, 7) is 1.92. The smallest absolute Gasteiger partial charge is 0.323 e. The predicted molar refractivity (Wildman–Crippen MR) is 90.0 cm³/mol. The molecule has 1 unspecified atom stereocenters. The van der Waals surface area contributed by atoms with E-state index in [9.17, 15) is 9.90 Å². The van der Waals surface area contributed by atoms with Gasteiger partial charge in [-0.25, -0.2) is 9.78 Å². The Kier molecular flexibility index (Phi) is 4.18. The summed E-state index contributed by atoms with van der Waals surface area (Å²) in [4.78, 5) is 18.9. The summed E-state index contributed by atoms with van der Waals surface area (Å²) in [6, 6.07) is 5.74. The SMILES string of the molecule is O=C(Nc1cccc(C2CC2)n1)N1CCC2(CC1)CC(O)CCO2. The number of aliphatic hydroxyl groups is 1. The molecule has 1 aromatic rings. The van der Waals surface area contributed by atoms with Crippen LogP contribution in [0.2, 0.25) is 0 Å². The molecule has 3 aliphatic rings. The lowest BCUT2D eigenvalue weighted by Gasteiger charge is -2.45. The van der Waals surface area contributed by atoms with Gasteiger partial charge in [0, 0.05) is 37.7 Å². The Balaban J connectivity index is 1.33. The fourth-order valence-corrected chi connectivity index (χ4v) is 3.78. The number of anilines is 1. The molecular weight excluding hydrogens is 306 g/mol. The second kappa shape index (κ2) is 6.33. The first-order chi connectivity index (χ1) is 11.6. The number of likely N-dealkylation sites (tertiary alicyclic amines) is 1. The molecule has 2 N–H and O–H groups in total. The molecule has 130 valence electrons. The molecule has 6 nitrogen and oxygen atoms in total. The normalized spacial score (nSPS) is 26.4. The minimum atomic E-state index is -0.270. The average Bonchev–Trinajstić information content (AvgIpc) is 3.40. The number of carbonyl (C=O) groups excluding carboxylic acids is 1. The molecule has 1 saturated carbocycles. The molecule has 2 amide bonds. The molecule has 1 atom stereocenters. The van der Waals surface area contributed by atoms with Gasteiger partial charge in [0.1, 0.15) is 5.82 Å². The number of aliphatic hydroxyl groups excluding tert-OH is 1. The van der Waals surface area contributed by atoms with Gasteiger partial charge in [0.25, 0.3) is 0 Å². The lowest BCUT2D eigenvalue weighted by Crippen LogP contribution is -2.52. The van der Waals surface area contributed by atoms with Gasteiger partial charge in [-0.1, -0.05) is 6.07 Å². The molecule has 6 heteroatoms. The molecule has 4 rings (SSSR count). The molecular formula is C18H25N3O3. The van der Waals surface area contributed by atoms with Crippen molar-refractivity contribution in [2.75, 3.05) is 25.0 Å². The minimum Gasteiger partial charge on any atom is -0.393 e. The molecule has 2 aliphatic heterocycles. The monoisotopic (exact) mass is 331 g/mol. The molecule has 1 aromatic heterocycles. The standard InChI is InChI=1S/C18H25N3O3/c22-14-6-11-24-18(12-14)7-9-21(10-8-18)17(23)20-16-3-1-2-15(19-16)13-4-5-13/h1-3,13-14,22H,4-12H2,(H,19,20,23). The molecule has 1 aliphatic carbocycles. The molecule has 3 heterocycles. The summed E-state index contributed by atoms with van der Waals surface area (Å²) < 4.78 is 5.94. The lowest BCUT2D eigenvalue weighted by atomic mass is 9.83. The van der Waals surface area contributed by atoms with Crippen LogP contribution < -0.4 is 5.32 Å².